The monoisotopic (exact) mass is 476 g/mol. The number of hydrogen-bond acceptors (Lipinski definition) is 6. The van der Waals surface area contributed by atoms with E-state index in [0.29, 0.717) is 5.52 Å². The summed E-state index contributed by atoms with van der Waals surface area (Å²) in [6.45, 7) is 4.51. The van der Waals surface area contributed by atoms with Gasteiger partial charge in [-0.1, -0.05) is 19.3 Å². The zero-order valence-electron chi connectivity index (χ0n) is 20.2. The van der Waals surface area contributed by atoms with Gasteiger partial charge >= 0.3 is 11.7 Å². The van der Waals surface area contributed by atoms with Crippen LogP contribution in [-0.4, -0.2) is 52.2 Å². The number of ether oxygens (including phenoxy) is 1. The Balaban J connectivity index is 2.01. The Hall–Kier alpha value is -3.17. The molecule has 10 heteroatoms. The smallest absolute Gasteiger partial charge is 0.332 e. The summed E-state index contributed by atoms with van der Waals surface area (Å²) in [5.74, 6) is -1.79. The number of rotatable bonds is 8. The molecule has 9 nitrogen and oxygen atoms in total. The molecule has 1 aromatic heterocycles. The van der Waals surface area contributed by atoms with Gasteiger partial charge in [0, 0.05) is 19.1 Å². The minimum atomic E-state index is -0.752. The summed E-state index contributed by atoms with van der Waals surface area (Å²) >= 11 is 0. The summed E-state index contributed by atoms with van der Waals surface area (Å²) in [4.78, 5) is 51.8. The largest absolute Gasteiger partial charge is 0.465 e. The van der Waals surface area contributed by atoms with Crippen LogP contribution in [0.3, 0.4) is 0 Å². The number of aromatic nitrogens is 2. The number of likely N-dealkylation sites (N-methyl/N-ethyl adjacent to an activating group) is 1. The normalized spacial score (nSPS) is 14.4. The molecule has 186 valence electrons. The van der Waals surface area contributed by atoms with Crippen molar-refractivity contribution in [1.82, 2.24) is 14.0 Å². The molecule has 1 heterocycles. The number of fused-ring (bicyclic) bond motifs is 1. The highest BCUT2D eigenvalue weighted by molar-refractivity contribution is 5.84. The SMILES string of the molecule is CCOC(=O)CN(C)C(=O)Cn1c(=O)c2cc(F)c(NC3CCCCC3)cc2n(C(C)C)c1=O. The molecule has 2 aromatic rings. The van der Waals surface area contributed by atoms with E-state index in [1.54, 1.807) is 20.8 Å². The molecule has 34 heavy (non-hydrogen) atoms. The Morgan fingerprint density at radius 2 is 1.88 bits per heavy atom. The van der Waals surface area contributed by atoms with Crippen molar-refractivity contribution in [2.75, 3.05) is 25.5 Å². The van der Waals surface area contributed by atoms with Crippen LogP contribution < -0.4 is 16.6 Å². The molecule has 1 N–H and O–H groups in total. The highest BCUT2D eigenvalue weighted by Crippen LogP contribution is 2.26. The van der Waals surface area contributed by atoms with Crippen LogP contribution in [0.1, 0.15) is 58.9 Å². The van der Waals surface area contributed by atoms with E-state index in [4.69, 9.17) is 4.74 Å². The van der Waals surface area contributed by atoms with E-state index in [1.807, 2.05) is 0 Å². The molecule has 0 bridgehead atoms. The Morgan fingerprint density at radius 3 is 2.50 bits per heavy atom. The molecule has 0 saturated heterocycles. The second kappa shape index (κ2) is 10.8. The van der Waals surface area contributed by atoms with Gasteiger partial charge in [-0.2, -0.15) is 0 Å². The van der Waals surface area contributed by atoms with Gasteiger partial charge < -0.3 is 15.0 Å². The number of anilines is 1. The van der Waals surface area contributed by atoms with Crippen molar-refractivity contribution in [3.63, 3.8) is 0 Å². The standard InChI is InChI=1S/C24H33FN4O5/c1-5-34-22(31)14-27(4)21(30)13-28-23(32)17-11-18(25)19(26-16-9-7-6-8-10-16)12-20(17)29(15(2)3)24(28)33/h11-12,15-16,26H,5-10,13-14H2,1-4H3. The van der Waals surface area contributed by atoms with Crippen molar-refractivity contribution < 1.29 is 18.7 Å². The zero-order valence-corrected chi connectivity index (χ0v) is 20.2. The van der Waals surface area contributed by atoms with E-state index in [9.17, 15) is 19.2 Å². The molecular weight excluding hydrogens is 443 g/mol. The van der Waals surface area contributed by atoms with E-state index >= 15 is 4.39 Å². The van der Waals surface area contributed by atoms with Gasteiger partial charge in [-0.3, -0.25) is 23.5 Å². The van der Waals surface area contributed by atoms with Gasteiger partial charge in [0.05, 0.1) is 23.2 Å². The fourth-order valence-corrected chi connectivity index (χ4v) is 4.36. The summed E-state index contributed by atoms with van der Waals surface area (Å²) in [6, 6.07) is 2.45. The molecule has 0 radical (unpaired) electrons. The third kappa shape index (κ3) is 5.48. The predicted octanol–water partition coefficient (Wildman–Crippen LogP) is 2.65. The lowest BCUT2D eigenvalue weighted by atomic mass is 9.95. The summed E-state index contributed by atoms with van der Waals surface area (Å²) in [7, 11) is 1.38. The maximum absolute atomic E-state index is 15.0. The average molecular weight is 477 g/mol. The van der Waals surface area contributed by atoms with Crippen LogP contribution in [0, 0.1) is 5.82 Å². The molecule has 1 fully saturated rings. The molecule has 1 saturated carbocycles. The molecule has 1 aliphatic carbocycles. The van der Waals surface area contributed by atoms with Crippen LogP contribution in [0.25, 0.3) is 10.9 Å². The highest BCUT2D eigenvalue weighted by Gasteiger charge is 2.22. The number of halogens is 1. The third-order valence-corrected chi connectivity index (χ3v) is 6.13. The number of nitrogens with one attached hydrogen (secondary N) is 1. The van der Waals surface area contributed by atoms with Crippen LogP contribution in [0.2, 0.25) is 0 Å². The van der Waals surface area contributed by atoms with E-state index < -0.39 is 35.5 Å². The molecule has 0 aliphatic heterocycles. The van der Waals surface area contributed by atoms with Gasteiger partial charge in [-0.05, 0) is 45.7 Å². The van der Waals surface area contributed by atoms with Gasteiger partial charge in [0.1, 0.15) is 18.9 Å². The number of hydrogen-bond donors (Lipinski definition) is 1. The van der Waals surface area contributed by atoms with Gasteiger partial charge in [0.2, 0.25) is 5.91 Å². The summed E-state index contributed by atoms with van der Waals surface area (Å²) in [6.07, 6.45) is 5.20. The molecular formula is C24H33FN4O5. The van der Waals surface area contributed by atoms with Crippen molar-refractivity contribution in [3.8, 4) is 0 Å². The van der Waals surface area contributed by atoms with Gasteiger partial charge in [-0.15, -0.1) is 0 Å². The lowest BCUT2D eigenvalue weighted by Crippen LogP contribution is -2.45. The molecule has 0 atom stereocenters. The zero-order chi connectivity index (χ0) is 25.0. The van der Waals surface area contributed by atoms with E-state index in [-0.39, 0.29) is 36.3 Å². The van der Waals surface area contributed by atoms with Gasteiger partial charge in [0.15, 0.2) is 0 Å². The van der Waals surface area contributed by atoms with Crippen molar-refractivity contribution in [1.29, 1.82) is 0 Å². The molecule has 1 amide bonds. The number of benzene rings is 1. The van der Waals surface area contributed by atoms with Crippen molar-refractivity contribution >= 4 is 28.5 Å². The Labute approximate surface area is 197 Å². The van der Waals surface area contributed by atoms with Crippen LogP contribution >= 0.6 is 0 Å². The third-order valence-electron chi connectivity index (χ3n) is 6.13. The second-order valence-corrected chi connectivity index (χ2v) is 9.02. The first-order valence-corrected chi connectivity index (χ1v) is 11.8. The van der Waals surface area contributed by atoms with Crippen molar-refractivity contribution in [3.05, 3.63) is 38.8 Å². The topological polar surface area (TPSA) is 103 Å². The average Bonchev–Trinajstić information content (AvgIpc) is 2.78. The molecule has 1 aliphatic rings. The van der Waals surface area contributed by atoms with Crippen molar-refractivity contribution in [2.45, 2.75) is 71.5 Å². The number of carbonyl (C=O) groups excluding carboxylic acids is 2. The van der Waals surface area contributed by atoms with E-state index in [1.165, 1.54) is 24.1 Å². The van der Waals surface area contributed by atoms with Crippen LogP contribution in [0.5, 0.6) is 0 Å². The first-order chi connectivity index (χ1) is 16.1. The minimum Gasteiger partial charge on any atom is -0.465 e. The fraction of sp³-hybridized carbons (Fsp3) is 0.583. The number of carbonyl (C=O) groups is 2. The highest BCUT2D eigenvalue weighted by atomic mass is 19.1. The van der Waals surface area contributed by atoms with Gasteiger partial charge in [0.25, 0.3) is 5.56 Å². The van der Waals surface area contributed by atoms with Crippen LogP contribution in [0.15, 0.2) is 21.7 Å². The number of amides is 1. The molecule has 1 aromatic carbocycles. The van der Waals surface area contributed by atoms with Crippen molar-refractivity contribution in [2.24, 2.45) is 0 Å². The Kier molecular flexibility index (Phi) is 8.11. The van der Waals surface area contributed by atoms with E-state index in [2.05, 4.69) is 5.32 Å². The molecule has 3 rings (SSSR count). The maximum atomic E-state index is 15.0. The van der Waals surface area contributed by atoms with E-state index in [0.717, 1.165) is 41.2 Å². The maximum Gasteiger partial charge on any atom is 0.332 e. The van der Waals surface area contributed by atoms with Gasteiger partial charge in [-0.25, -0.2) is 9.18 Å². The second-order valence-electron chi connectivity index (χ2n) is 9.02. The molecule has 0 unspecified atom stereocenters. The summed E-state index contributed by atoms with van der Waals surface area (Å²) in [5.41, 5.74) is -0.845. The predicted molar refractivity (Wildman–Crippen MR) is 128 cm³/mol. The first kappa shape index (κ1) is 25.5. The molecule has 0 spiro atoms. The lowest BCUT2D eigenvalue weighted by Gasteiger charge is -2.25. The lowest BCUT2D eigenvalue weighted by molar-refractivity contribution is -0.148. The fourth-order valence-electron chi connectivity index (χ4n) is 4.36. The minimum absolute atomic E-state index is 0.0147. The first-order valence-electron chi connectivity index (χ1n) is 11.8. The number of nitrogens with zero attached hydrogens (tertiary/aromatic N) is 3. The van der Waals surface area contributed by atoms with Crippen LogP contribution in [0.4, 0.5) is 10.1 Å². The summed E-state index contributed by atoms with van der Waals surface area (Å²) < 4.78 is 22.0. The number of esters is 1. The summed E-state index contributed by atoms with van der Waals surface area (Å²) in [5, 5.41) is 3.25. The van der Waals surface area contributed by atoms with Crippen LogP contribution in [-0.2, 0) is 20.9 Å². The quantitative estimate of drug-likeness (QED) is 0.588. The Bertz CT molecular complexity index is 1180. The Morgan fingerprint density at radius 1 is 1.21 bits per heavy atom.